The Kier molecular flexibility index (Phi) is 6.35. The molecular weight excluding hydrogens is 162 g/mol. The van der Waals surface area contributed by atoms with E-state index < -0.39 is 0 Å². The van der Waals surface area contributed by atoms with Gasteiger partial charge in [0.15, 0.2) is 0 Å². The highest BCUT2D eigenvalue weighted by molar-refractivity contribution is 5.76. The van der Waals surface area contributed by atoms with Gasteiger partial charge in [0.25, 0.3) is 0 Å². The number of carbonyl (C=O) groups is 1. The van der Waals surface area contributed by atoms with Gasteiger partial charge >= 0.3 is 0 Å². The SMILES string of the molecule is [C]#CCCC(=O)N(CC=C)CC=C. The molecule has 0 bridgehead atoms. The van der Waals surface area contributed by atoms with Crippen LogP contribution in [0.3, 0.4) is 0 Å². The van der Waals surface area contributed by atoms with Crippen molar-refractivity contribution in [1.82, 2.24) is 4.90 Å². The van der Waals surface area contributed by atoms with Gasteiger partial charge in [0, 0.05) is 25.9 Å². The molecule has 1 amide bonds. The molecule has 0 aliphatic carbocycles. The monoisotopic (exact) mass is 176 g/mol. The van der Waals surface area contributed by atoms with Gasteiger partial charge in [0.2, 0.25) is 5.91 Å². The molecule has 0 saturated heterocycles. The molecular formula is C11H14NO. The first kappa shape index (κ1) is 11.5. The van der Waals surface area contributed by atoms with E-state index in [2.05, 4.69) is 19.1 Å². The van der Waals surface area contributed by atoms with E-state index in [9.17, 15) is 4.79 Å². The Bertz CT molecular complexity index is 215. The van der Waals surface area contributed by atoms with Crippen LogP contribution in [0.15, 0.2) is 25.3 Å². The molecule has 0 fully saturated rings. The van der Waals surface area contributed by atoms with E-state index >= 15 is 0 Å². The summed E-state index contributed by atoms with van der Waals surface area (Å²) in [5, 5.41) is 0. The Hall–Kier alpha value is -1.49. The van der Waals surface area contributed by atoms with Crippen molar-refractivity contribution in [2.75, 3.05) is 13.1 Å². The lowest BCUT2D eigenvalue weighted by Gasteiger charge is -2.18. The molecule has 0 heterocycles. The second-order valence-corrected chi connectivity index (χ2v) is 2.55. The largest absolute Gasteiger partial charge is 0.335 e. The van der Waals surface area contributed by atoms with Crippen LogP contribution in [0.5, 0.6) is 0 Å². The van der Waals surface area contributed by atoms with Gasteiger partial charge in [-0.3, -0.25) is 4.79 Å². The van der Waals surface area contributed by atoms with Crippen molar-refractivity contribution in [3.8, 4) is 5.92 Å². The minimum absolute atomic E-state index is 0.0135. The van der Waals surface area contributed by atoms with Gasteiger partial charge in [-0.25, -0.2) is 0 Å². The van der Waals surface area contributed by atoms with Crippen molar-refractivity contribution in [1.29, 1.82) is 0 Å². The van der Waals surface area contributed by atoms with Crippen LogP contribution < -0.4 is 0 Å². The summed E-state index contributed by atoms with van der Waals surface area (Å²) in [6, 6.07) is 0. The maximum atomic E-state index is 11.4. The van der Waals surface area contributed by atoms with Crippen molar-refractivity contribution in [2.45, 2.75) is 12.8 Å². The predicted molar refractivity (Wildman–Crippen MR) is 53.3 cm³/mol. The van der Waals surface area contributed by atoms with E-state index in [4.69, 9.17) is 6.42 Å². The minimum Gasteiger partial charge on any atom is -0.335 e. The van der Waals surface area contributed by atoms with Crippen LogP contribution in [-0.4, -0.2) is 23.9 Å². The zero-order valence-electron chi connectivity index (χ0n) is 7.75. The summed E-state index contributed by atoms with van der Waals surface area (Å²) in [5.41, 5.74) is 0. The zero-order valence-corrected chi connectivity index (χ0v) is 7.75. The summed E-state index contributed by atoms with van der Waals surface area (Å²) in [5.74, 6) is 2.20. The molecule has 0 aromatic rings. The van der Waals surface area contributed by atoms with Gasteiger partial charge in [0.1, 0.15) is 0 Å². The summed E-state index contributed by atoms with van der Waals surface area (Å²) in [6.07, 6.45) is 10.7. The molecule has 69 valence electrons. The van der Waals surface area contributed by atoms with Crippen molar-refractivity contribution in [3.63, 3.8) is 0 Å². The van der Waals surface area contributed by atoms with Gasteiger partial charge in [-0.15, -0.1) is 13.2 Å². The normalized spacial score (nSPS) is 8.54. The van der Waals surface area contributed by atoms with E-state index in [1.54, 1.807) is 17.1 Å². The lowest BCUT2D eigenvalue weighted by Crippen LogP contribution is -2.30. The van der Waals surface area contributed by atoms with Crippen molar-refractivity contribution >= 4 is 5.91 Å². The minimum atomic E-state index is 0.0135. The van der Waals surface area contributed by atoms with Crippen LogP contribution in [0.4, 0.5) is 0 Å². The van der Waals surface area contributed by atoms with Gasteiger partial charge < -0.3 is 4.90 Å². The molecule has 0 aromatic heterocycles. The summed E-state index contributed by atoms with van der Waals surface area (Å²) in [7, 11) is 0. The van der Waals surface area contributed by atoms with Gasteiger partial charge in [-0.1, -0.05) is 18.1 Å². The van der Waals surface area contributed by atoms with E-state index in [-0.39, 0.29) is 5.91 Å². The van der Waals surface area contributed by atoms with Crippen LogP contribution in [0, 0.1) is 12.3 Å². The number of carbonyl (C=O) groups excluding carboxylic acids is 1. The Morgan fingerprint density at radius 2 is 1.92 bits per heavy atom. The standard InChI is InChI=1S/C11H14NO/c1-4-7-8-11(13)12(9-5-2)10-6-3/h5-6H,2-3,7-10H2. The molecule has 0 unspecified atom stereocenters. The molecule has 1 radical (unpaired) electrons. The molecule has 13 heavy (non-hydrogen) atoms. The molecule has 0 rings (SSSR count). The zero-order chi connectivity index (χ0) is 10.1. The van der Waals surface area contributed by atoms with E-state index in [1.807, 2.05) is 0 Å². The molecule has 0 saturated carbocycles. The molecule has 0 aliphatic rings. The average Bonchev–Trinajstić information content (AvgIpc) is 2.14. The fourth-order valence-electron chi connectivity index (χ4n) is 0.917. The summed E-state index contributed by atoms with van der Waals surface area (Å²) in [6.45, 7) is 8.19. The fourth-order valence-corrected chi connectivity index (χ4v) is 0.917. The lowest BCUT2D eigenvalue weighted by molar-refractivity contribution is -0.130. The highest BCUT2D eigenvalue weighted by Crippen LogP contribution is 1.97. The first-order valence-electron chi connectivity index (χ1n) is 4.15. The molecule has 0 aliphatic heterocycles. The molecule has 0 atom stereocenters. The maximum Gasteiger partial charge on any atom is 0.224 e. The number of hydrogen-bond acceptors (Lipinski definition) is 1. The first-order valence-corrected chi connectivity index (χ1v) is 4.15. The molecule has 0 N–H and O–H groups in total. The predicted octanol–water partition coefficient (Wildman–Crippen LogP) is 1.56. The van der Waals surface area contributed by atoms with Crippen molar-refractivity contribution < 1.29 is 4.79 Å². The Labute approximate surface area is 79.9 Å². The van der Waals surface area contributed by atoms with Crippen LogP contribution in [0.2, 0.25) is 0 Å². The van der Waals surface area contributed by atoms with Crippen LogP contribution in [-0.2, 0) is 4.79 Å². The quantitative estimate of drug-likeness (QED) is 0.444. The van der Waals surface area contributed by atoms with E-state index in [1.165, 1.54) is 0 Å². The van der Waals surface area contributed by atoms with Crippen molar-refractivity contribution in [3.05, 3.63) is 31.7 Å². The third-order valence-corrected chi connectivity index (χ3v) is 1.52. The van der Waals surface area contributed by atoms with Gasteiger partial charge in [0.05, 0.1) is 0 Å². The molecule has 2 heteroatoms. The second-order valence-electron chi connectivity index (χ2n) is 2.55. The maximum absolute atomic E-state index is 11.4. The molecule has 2 nitrogen and oxygen atoms in total. The average molecular weight is 176 g/mol. The topological polar surface area (TPSA) is 20.3 Å². The van der Waals surface area contributed by atoms with Crippen molar-refractivity contribution in [2.24, 2.45) is 0 Å². The van der Waals surface area contributed by atoms with Gasteiger partial charge in [-0.2, -0.15) is 0 Å². The molecule has 0 spiro atoms. The third kappa shape index (κ3) is 4.86. The first-order chi connectivity index (χ1) is 6.26. The fraction of sp³-hybridized carbons (Fsp3) is 0.364. The summed E-state index contributed by atoms with van der Waals surface area (Å²) in [4.78, 5) is 13.0. The van der Waals surface area contributed by atoms with Gasteiger partial charge in [-0.05, 0) is 6.42 Å². The highest BCUT2D eigenvalue weighted by Gasteiger charge is 2.08. The highest BCUT2D eigenvalue weighted by atomic mass is 16.2. The second kappa shape index (κ2) is 7.17. The molecule has 0 aromatic carbocycles. The Morgan fingerprint density at radius 1 is 1.38 bits per heavy atom. The van der Waals surface area contributed by atoms with Crippen LogP contribution >= 0.6 is 0 Å². The van der Waals surface area contributed by atoms with E-state index in [0.717, 1.165) is 0 Å². The van der Waals surface area contributed by atoms with Crippen LogP contribution in [0.1, 0.15) is 12.8 Å². The lowest BCUT2D eigenvalue weighted by atomic mass is 10.3. The summed E-state index contributed by atoms with van der Waals surface area (Å²) < 4.78 is 0. The number of nitrogens with zero attached hydrogens (tertiary/aromatic N) is 1. The Balaban J connectivity index is 4.03. The number of amides is 1. The summed E-state index contributed by atoms with van der Waals surface area (Å²) >= 11 is 0. The van der Waals surface area contributed by atoms with E-state index in [0.29, 0.717) is 25.9 Å². The third-order valence-electron chi connectivity index (χ3n) is 1.52. The smallest absolute Gasteiger partial charge is 0.224 e. The van der Waals surface area contributed by atoms with Crippen LogP contribution in [0.25, 0.3) is 0 Å². The Morgan fingerprint density at radius 3 is 2.31 bits per heavy atom. The number of rotatable bonds is 6. The number of hydrogen-bond donors (Lipinski definition) is 0.